The molecule has 5 rings (SSSR count). The van der Waals surface area contributed by atoms with Gasteiger partial charge in [-0.3, -0.25) is 4.98 Å². The molecule has 1 aliphatic carbocycles. The molecular formula is C29H47N5O4. The number of allylic oxidation sites excluding steroid dienone is 1. The van der Waals surface area contributed by atoms with E-state index in [-0.39, 0.29) is 31.5 Å². The van der Waals surface area contributed by atoms with Gasteiger partial charge in [-0.2, -0.15) is 9.97 Å². The van der Waals surface area contributed by atoms with E-state index >= 15 is 0 Å². The minimum Gasteiger partial charge on any atom is -0.408 e. The van der Waals surface area contributed by atoms with E-state index in [2.05, 4.69) is 52.0 Å². The number of aryl methyl sites for hydroxylation is 2. The maximum atomic E-state index is 9.14. The molecule has 9 nitrogen and oxygen atoms in total. The number of rotatable bonds is 4. The summed E-state index contributed by atoms with van der Waals surface area (Å²) in [6.07, 6.45) is 11.1. The van der Waals surface area contributed by atoms with Crippen molar-refractivity contribution in [3.63, 3.8) is 0 Å². The SMILES string of the molecule is C.C/C=C1\CCC(CO)NCC1(C)C.Cc1ncc2c(N3CCCCC4CC43)nc(OC(O)O)nc2c1C. The number of hydrogen-bond acceptors (Lipinski definition) is 9. The van der Waals surface area contributed by atoms with Gasteiger partial charge in [0.15, 0.2) is 0 Å². The van der Waals surface area contributed by atoms with Crippen molar-refractivity contribution < 1.29 is 20.1 Å². The Hall–Kier alpha value is -2.33. The van der Waals surface area contributed by atoms with Gasteiger partial charge in [0.2, 0.25) is 0 Å². The molecule has 2 aromatic heterocycles. The molecule has 2 aromatic rings. The Morgan fingerprint density at radius 1 is 1.21 bits per heavy atom. The molecule has 0 amide bonds. The van der Waals surface area contributed by atoms with E-state index in [0.29, 0.717) is 6.04 Å². The summed E-state index contributed by atoms with van der Waals surface area (Å²) in [4.78, 5) is 15.7. The Balaban J connectivity index is 0.000000245. The Kier molecular flexibility index (Phi) is 10.1. The molecule has 3 unspecified atom stereocenters. The molecule has 2 saturated heterocycles. The lowest BCUT2D eigenvalue weighted by molar-refractivity contribution is -0.183. The van der Waals surface area contributed by atoms with E-state index in [0.717, 1.165) is 66.2 Å². The molecule has 4 heterocycles. The first kappa shape index (κ1) is 30.2. The first-order valence-electron chi connectivity index (χ1n) is 13.6. The second-order valence-electron chi connectivity index (χ2n) is 11.3. The molecule has 212 valence electrons. The first-order chi connectivity index (χ1) is 17.6. The summed E-state index contributed by atoms with van der Waals surface area (Å²) in [6, 6.07) is 0.790. The van der Waals surface area contributed by atoms with Crippen molar-refractivity contribution in [1.29, 1.82) is 0 Å². The van der Waals surface area contributed by atoms with Gasteiger partial charge in [0.25, 0.3) is 0 Å². The molecule has 2 aliphatic heterocycles. The third kappa shape index (κ3) is 6.81. The Morgan fingerprint density at radius 2 is 1.97 bits per heavy atom. The molecule has 0 aromatic carbocycles. The monoisotopic (exact) mass is 529 g/mol. The molecule has 0 bridgehead atoms. The van der Waals surface area contributed by atoms with E-state index < -0.39 is 6.48 Å². The van der Waals surface area contributed by atoms with Gasteiger partial charge < -0.3 is 30.3 Å². The average molecular weight is 530 g/mol. The number of aliphatic hydroxyl groups excluding tert-OH is 2. The van der Waals surface area contributed by atoms with Crippen LogP contribution in [0.1, 0.15) is 78.0 Å². The lowest BCUT2D eigenvalue weighted by atomic mass is 9.82. The zero-order valence-electron chi connectivity index (χ0n) is 22.9. The number of nitrogens with one attached hydrogen (secondary N) is 1. The second-order valence-corrected chi connectivity index (χ2v) is 11.3. The predicted molar refractivity (Wildman–Crippen MR) is 151 cm³/mol. The molecule has 0 spiro atoms. The third-order valence-electron chi connectivity index (χ3n) is 8.22. The van der Waals surface area contributed by atoms with E-state index in [4.69, 9.17) is 20.1 Å². The highest BCUT2D eigenvalue weighted by Gasteiger charge is 2.43. The predicted octanol–water partition coefficient (Wildman–Crippen LogP) is 4.01. The Morgan fingerprint density at radius 3 is 2.66 bits per heavy atom. The highest BCUT2D eigenvalue weighted by Crippen LogP contribution is 2.45. The largest absolute Gasteiger partial charge is 0.408 e. The number of ether oxygens (including phenoxy) is 1. The fourth-order valence-electron chi connectivity index (χ4n) is 5.65. The van der Waals surface area contributed by atoms with Gasteiger partial charge in [-0.1, -0.05) is 39.3 Å². The van der Waals surface area contributed by atoms with Gasteiger partial charge in [0.05, 0.1) is 17.5 Å². The van der Waals surface area contributed by atoms with Crippen molar-refractivity contribution in [2.24, 2.45) is 11.3 Å². The Labute approximate surface area is 227 Å². The summed E-state index contributed by atoms with van der Waals surface area (Å²) in [6.45, 7) is 10.8. The highest BCUT2D eigenvalue weighted by molar-refractivity contribution is 5.91. The smallest absolute Gasteiger partial charge is 0.323 e. The van der Waals surface area contributed by atoms with Crippen LogP contribution in [-0.2, 0) is 0 Å². The van der Waals surface area contributed by atoms with Crippen molar-refractivity contribution in [2.75, 3.05) is 24.6 Å². The van der Waals surface area contributed by atoms with Crippen molar-refractivity contribution in [1.82, 2.24) is 20.3 Å². The van der Waals surface area contributed by atoms with E-state index in [9.17, 15) is 0 Å². The van der Waals surface area contributed by atoms with Gasteiger partial charge in [-0.15, -0.1) is 0 Å². The van der Waals surface area contributed by atoms with E-state index in [1.807, 2.05) is 20.0 Å². The minimum atomic E-state index is -1.93. The van der Waals surface area contributed by atoms with Crippen LogP contribution in [0.15, 0.2) is 17.8 Å². The van der Waals surface area contributed by atoms with Crippen molar-refractivity contribution >= 4 is 16.7 Å². The van der Waals surface area contributed by atoms with Crippen LogP contribution in [0.3, 0.4) is 0 Å². The van der Waals surface area contributed by atoms with Crippen molar-refractivity contribution in [3.05, 3.63) is 29.1 Å². The third-order valence-corrected chi connectivity index (χ3v) is 8.22. The zero-order chi connectivity index (χ0) is 26.7. The standard InChI is InChI=1S/C17H22N4O3.C11H21NO.CH4/c1-9-10(2)18-8-12-14(9)19-16(24-17(22)23)20-15(12)21-6-4-3-5-11-7-13(11)21;1-4-9-5-6-10(7-13)12-8-11(9,2)3;/h8,11,13,17,22-23H,3-7H2,1-2H3;4,10,12-13H,5-8H2,1-3H3;1H4/b;9-4+;. The summed E-state index contributed by atoms with van der Waals surface area (Å²) in [7, 11) is 0. The van der Waals surface area contributed by atoms with Crippen LogP contribution < -0.4 is 15.0 Å². The van der Waals surface area contributed by atoms with E-state index in [1.54, 1.807) is 0 Å². The average Bonchev–Trinajstić information content (AvgIpc) is 3.65. The first-order valence-corrected chi connectivity index (χ1v) is 13.6. The minimum absolute atomic E-state index is 0. The second kappa shape index (κ2) is 12.7. The summed E-state index contributed by atoms with van der Waals surface area (Å²) in [5.74, 6) is 1.53. The fraction of sp³-hybridized carbons (Fsp3) is 0.690. The number of hydrogen-bond donors (Lipinski definition) is 4. The molecule has 4 N–H and O–H groups in total. The quantitative estimate of drug-likeness (QED) is 0.344. The number of aliphatic hydroxyl groups is 3. The summed E-state index contributed by atoms with van der Waals surface area (Å²) in [5, 5.41) is 31.6. The molecule has 0 radical (unpaired) electrons. The van der Waals surface area contributed by atoms with Gasteiger partial charge in [-0.05, 0) is 69.8 Å². The highest BCUT2D eigenvalue weighted by atomic mass is 16.7. The number of aromatic nitrogens is 3. The molecule has 3 atom stereocenters. The van der Waals surface area contributed by atoms with Crippen molar-refractivity contribution in [3.8, 4) is 6.01 Å². The molecular weight excluding hydrogens is 482 g/mol. The van der Waals surface area contributed by atoms with E-state index in [1.165, 1.54) is 24.8 Å². The van der Waals surface area contributed by atoms with Crippen LogP contribution in [0.2, 0.25) is 0 Å². The maximum absolute atomic E-state index is 9.14. The topological polar surface area (TPSA) is 124 Å². The Bertz CT molecular complexity index is 1120. The van der Waals surface area contributed by atoms with Gasteiger partial charge in [0, 0.05) is 37.1 Å². The number of nitrogens with zero attached hydrogens (tertiary/aromatic N) is 4. The molecule has 9 heteroatoms. The van der Waals surface area contributed by atoms with Gasteiger partial charge >= 0.3 is 12.5 Å². The van der Waals surface area contributed by atoms with Crippen molar-refractivity contribution in [2.45, 2.75) is 99.1 Å². The molecule has 38 heavy (non-hydrogen) atoms. The fourth-order valence-corrected chi connectivity index (χ4v) is 5.65. The van der Waals surface area contributed by atoms with Gasteiger partial charge in [-0.25, -0.2) is 0 Å². The number of pyridine rings is 1. The van der Waals surface area contributed by atoms with Gasteiger partial charge in [0.1, 0.15) is 5.82 Å². The molecule has 3 aliphatic rings. The summed E-state index contributed by atoms with van der Waals surface area (Å²) >= 11 is 0. The normalized spacial score (nSPS) is 25.6. The lowest BCUT2D eigenvalue weighted by Crippen LogP contribution is -2.36. The zero-order valence-corrected chi connectivity index (χ0v) is 22.9. The number of anilines is 1. The van der Waals surface area contributed by atoms with Crippen LogP contribution in [0, 0.1) is 25.2 Å². The molecule has 3 fully saturated rings. The van der Waals surface area contributed by atoms with Crippen LogP contribution >= 0.6 is 0 Å². The van der Waals surface area contributed by atoms with Crippen LogP contribution in [0.4, 0.5) is 5.82 Å². The number of fused-ring (bicyclic) bond motifs is 2. The lowest BCUT2D eigenvalue weighted by Gasteiger charge is -2.26. The maximum Gasteiger partial charge on any atom is 0.323 e. The summed E-state index contributed by atoms with van der Waals surface area (Å²) in [5.41, 5.74) is 4.36. The molecule has 1 saturated carbocycles. The van der Waals surface area contributed by atoms with Crippen LogP contribution in [0.25, 0.3) is 10.9 Å². The summed E-state index contributed by atoms with van der Waals surface area (Å²) < 4.78 is 4.97. The van der Waals surface area contributed by atoms with Crippen LogP contribution in [-0.4, -0.2) is 68.5 Å². The van der Waals surface area contributed by atoms with Crippen LogP contribution in [0.5, 0.6) is 6.01 Å².